The first-order valence-corrected chi connectivity index (χ1v) is 11.6. The molecular weight excluding hydrogens is 530 g/mol. The van der Waals surface area contributed by atoms with Crippen LogP contribution in [0.4, 0.5) is 0 Å². The number of carboxylic acids is 1. The van der Waals surface area contributed by atoms with E-state index < -0.39 is 23.1 Å². The predicted molar refractivity (Wildman–Crippen MR) is 130 cm³/mol. The summed E-state index contributed by atoms with van der Waals surface area (Å²) in [5, 5.41) is 18.7. The topological polar surface area (TPSA) is 136 Å². The monoisotopic (exact) mass is 549 g/mol. The van der Waals surface area contributed by atoms with Crippen molar-refractivity contribution in [3.05, 3.63) is 52.0 Å². The number of nitrogens with one attached hydrogen (secondary N) is 1. The maximum absolute atomic E-state index is 12.6. The number of methoxy groups -OCH3 is 1. The van der Waals surface area contributed by atoms with E-state index in [0.29, 0.717) is 33.7 Å². The molecule has 2 N–H and O–H groups in total. The molecule has 1 heterocycles. The quantitative estimate of drug-likeness (QED) is 0.210. The van der Waals surface area contributed by atoms with Crippen molar-refractivity contribution in [3.63, 3.8) is 0 Å². The normalized spacial score (nSPS) is 16.5. The van der Waals surface area contributed by atoms with Crippen LogP contribution in [-0.2, 0) is 9.59 Å². The van der Waals surface area contributed by atoms with E-state index in [9.17, 15) is 14.4 Å². The molecule has 1 aliphatic rings. The summed E-state index contributed by atoms with van der Waals surface area (Å²) in [4.78, 5) is 35.2. The third kappa shape index (κ3) is 6.58. The van der Waals surface area contributed by atoms with Crippen molar-refractivity contribution >= 4 is 56.9 Å². The zero-order valence-corrected chi connectivity index (χ0v) is 20.5. The molecule has 0 radical (unpaired) electrons. The average Bonchev–Trinajstić information content (AvgIpc) is 3.14. The second-order valence-electron chi connectivity index (χ2n) is 6.72. The highest BCUT2D eigenvalue weighted by Gasteiger charge is 2.32. The zero-order chi connectivity index (χ0) is 24.7. The smallest absolute Gasteiger partial charge is 0.343 e. The summed E-state index contributed by atoms with van der Waals surface area (Å²) in [7, 11) is 1.54. The van der Waals surface area contributed by atoms with Crippen molar-refractivity contribution in [2.24, 2.45) is 10.2 Å². The number of ether oxygens (including phenoxy) is 3. The highest BCUT2D eigenvalue weighted by atomic mass is 79.9. The van der Waals surface area contributed by atoms with E-state index in [4.69, 9.17) is 19.3 Å². The standard InChI is InChI=1S/C22H20BrN3O7S/c1-3-32-16-9-12(11-24-26-22-25-20(29)17(34-22)10-18(27)28)8-15(23)19(16)33-21(30)13-4-6-14(31-2)7-5-13/h4-9,11,17H,3,10H2,1-2H3,(H,27,28)(H,25,26,29)/b24-11-/t17-/m1/s1. The third-order valence-electron chi connectivity index (χ3n) is 4.34. The van der Waals surface area contributed by atoms with Gasteiger partial charge in [0.1, 0.15) is 11.0 Å². The van der Waals surface area contributed by atoms with Gasteiger partial charge in [0.25, 0.3) is 0 Å². The number of esters is 1. The molecule has 2 aromatic carbocycles. The Hall–Kier alpha value is -3.38. The number of amidine groups is 1. The van der Waals surface area contributed by atoms with Gasteiger partial charge in [-0.25, -0.2) is 4.79 Å². The maximum Gasteiger partial charge on any atom is 0.343 e. The van der Waals surface area contributed by atoms with E-state index in [1.165, 1.54) is 13.3 Å². The average molecular weight is 550 g/mol. The van der Waals surface area contributed by atoms with Gasteiger partial charge in [0.15, 0.2) is 16.7 Å². The predicted octanol–water partition coefficient (Wildman–Crippen LogP) is 3.47. The molecule has 0 aliphatic carbocycles. The van der Waals surface area contributed by atoms with Gasteiger partial charge >= 0.3 is 11.9 Å². The minimum Gasteiger partial charge on any atom is -0.497 e. The van der Waals surface area contributed by atoms with Crippen molar-refractivity contribution in [1.82, 2.24) is 5.32 Å². The SMILES string of the molecule is CCOc1cc(/C=N\N=C2\NC(=O)[C@@H](CC(=O)O)S2)cc(Br)c1OC(=O)c1ccc(OC)cc1. The molecule has 0 saturated carbocycles. The lowest BCUT2D eigenvalue weighted by Gasteiger charge is -2.13. The van der Waals surface area contributed by atoms with Crippen LogP contribution in [0.25, 0.3) is 0 Å². The minimum atomic E-state index is -1.07. The van der Waals surface area contributed by atoms with Crippen molar-refractivity contribution in [1.29, 1.82) is 0 Å². The number of thioether (sulfide) groups is 1. The number of rotatable bonds is 9. The van der Waals surface area contributed by atoms with Gasteiger partial charge in [-0.1, -0.05) is 11.8 Å². The fraction of sp³-hybridized carbons (Fsp3) is 0.227. The number of carbonyl (C=O) groups is 3. The molecule has 1 atom stereocenters. The van der Waals surface area contributed by atoms with E-state index in [-0.39, 0.29) is 17.3 Å². The van der Waals surface area contributed by atoms with Crippen LogP contribution in [0.2, 0.25) is 0 Å². The van der Waals surface area contributed by atoms with Crippen molar-refractivity contribution in [3.8, 4) is 17.2 Å². The van der Waals surface area contributed by atoms with Gasteiger partial charge in [-0.2, -0.15) is 5.10 Å². The first-order chi connectivity index (χ1) is 16.3. The molecule has 0 bridgehead atoms. The lowest BCUT2D eigenvalue weighted by atomic mass is 10.2. The van der Waals surface area contributed by atoms with Gasteiger partial charge in [0.2, 0.25) is 5.91 Å². The van der Waals surface area contributed by atoms with Gasteiger partial charge in [-0.3, -0.25) is 9.59 Å². The molecule has 2 aromatic rings. The Balaban J connectivity index is 1.76. The fourth-order valence-electron chi connectivity index (χ4n) is 2.80. The van der Waals surface area contributed by atoms with E-state index in [1.807, 2.05) is 0 Å². The third-order valence-corrected chi connectivity index (χ3v) is 6.01. The van der Waals surface area contributed by atoms with Gasteiger partial charge in [-0.05, 0) is 64.8 Å². The number of nitrogens with zero attached hydrogens (tertiary/aromatic N) is 2. The van der Waals surface area contributed by atoms with Crippen molar-refractivity contribution in [2.75, 3.05) is 13.7 Å². The maximum atomic E-state index is 12.6. The molecular formula is C22H20BrN3O7S. The molecule has 3 rings (SSSR count). The highest BCUT2D eigenvalue weighted by molar-refractivity contribution is 9.10. The number of hydrogen-bond donors (Lipinski definition) is 2. The molecule has 0 unspecified atom stereocenters. The van der Waals surface area contributed by atoms with Crippen LogP contribution in [0.1, 0.15) is 29.3 Å². The summed E-state index contributed by atoms with van der Waals surface area (Å²) >= 11 is 4.40. The van der Waals surface area contributed by atoms with Crippen LogP contribution in [0, 0.1) is 0 Å². The minimum absolute atomic E-state index is 0.209. The van der Waals surface area contributed by atoms with Gasteiger partial charge in [0, 0.05) is 0 Å². The van der Waals surface area contributed by atoms with E-state index in [0.717, 1.165) is 11.8 Å². The van der Waals surface area contributed by atoms with Crippen LogP contribution in [-0.4, -0.2) is 53.3 Å². The zero-order valence-electron chi connectivity index (χ0n) is 18.1. The largest absolute Gasteiger partial charge is 0.497 e. The van der Waals surface area contributed by atoms with Crippen LogP contribution < -0.4 is 19.5 Å². The molecule has 10 nitrogen and oxygen atoms in total. The Morgan fingerprint density at radius 3 is 2.65 bits per heavy atom. The van der Waals surface area contributed by atoms with Crippen LogP contribution in [0.3, 0.4) is 0 Å². The number of carbonyl (C=O) groups excluding carboxylic acids is 2. The first-order valence-electron chi connectivity index (χ1n) is 9.93. The number of amides is 1. The van der Waals surface area contributed by atoms with E-state index in [1.54, 1.807) is 43.3 Å². The summed E-state index contributed by atoms with van der Waals surface area (Å²) < 4.78 is 16.7. The highest BCUT2D eigenvalue weighted by Crippen LogP contribution is 2.37. The molecule has 12 heteroatoms. The second kappa shape index (κ2) is 11.7. The summed E-state index contributed by atoms with van der Waals surface area (Å²) in [6.45, 7) is 2.12. The van der Waals surface area contributed by atoms with Gasteiger partial charge < -0.3 is 24.6 Å². The van der Waals surface area contributed by atoms with Crippen molar-refractivity contribution in [2.45, 2.75) is 18.6 Å². The molecule has 1 amide bonds. The Kier molecular flexibility index (Phi) is 8.66. The number of aliphatic carboxylic acids is 1. The molecule has 1 aliphatic heterocycles. The Morgan fingerprint density at radius 2 is 2.00 bits per heavy atom. The Labute approximate surface area is 207 Å². The number of benzene rings is 2. The summed E-state index contributed by atoms with van der Waals surface area (Å²) in [6, 6.07) is 9.79. The Morgan fingerprint density at radius 1 is 1.26 bits per heavy atom. The van der Waals surface area contributed by atoms with Crippen LogP contribution in [0.5, 0.6) is 17.2 Å². The molecule has 1 saturated heterocycles. The lowest BCUT2D eigenvalue weighted by molar-refractivity contribution is -0.138. The van der Waals surface area contributed by atoms with Crippen LogP contribution in [0.15, 0.2) is 51.1 Å². The molecule has 0 aromatic heterocycles. The lowest BCUT2D eigenvalue weighted by Crippen LogP contribution is -2.26. The first kappa shape index (κ1) is 25.2. The van der Waals surface area contributed by atoms with Crippen LogP contribution >= 0.6 is 27.7 Å². The number of hydrogen-bond acceptors (Lipinski definition) is 9. The van der Waals surface area contributed by atoms with Gasteiger partial charge in [-0.15, -0.1) is 5.10 Å². The molecule has 178 valence electrons. The molecule has 1 fully saturated rings. The van der Waals surface area contributed by atoms with Gasteiger partial charge in [0.05, 0.1) is 36.4 Å². The summed E-state index contributed by atoms with van der Waals surface area (Å²) in [6.07, 6.45) is 1.12. The number of halogens is 1. The number of carboxylic acid groups (broad SMARTS) is 1. The summed E-state index contributed by atoms with van der Waals surface area (Å²) in [5.74, 6) is -0.918. The Bertz CT molecular complexity index is 1150. The van der Waals surface area contributed by atoms with E-state index in [2.05, 4.69) is 31.4 Å². The van der Waals surface area contributed by atoms with E-state index >= 15 is 0 Å². The van der Waals surface area contributed by atoms with Crippen molar-refractivity contribution < 1.29 is 33.7 Å². The fourth-order valence-corrected chi connectivity index (χ4v) is 4.25. The molecule has 0 spiro atoms. The molecule has 34 heavy (non-hydrogen) atoms. The summed E-state index contributed by atoms with van der Waals surface area (Å²) in [5.41, 5.74) is 0.925. The second-order valence-corrected chi connectivity index (χ2v) is 8.77.